The molecule has 0 N–H and O–H groups in total. The summed E-state index contributed by atoms with van der Waals surface area (Å²) >= 11 is 0. The van der Waals surface area contributed by atoms with Crippen molar-refractivity contribution in [1.82, 2.24) is 24.6 Å². The van der Waals surface area contributed by atoms with E-state index in [1.54, 1.807) is 0 Å². The second-order valence-electron chi connectivity index (χ2n) is 6.55. The average molecular weight is 342 g/mol. The van der Waals surface area contributed by atoms with E-state index >= 15 is 0 Å². The predicted molar refractivity (Wildman–Crippen MR) is 98.6 cm³/mol. The van der Waals surface area contributed by atoms with E-state index in [2.05, 4.69) is 47.5 Å². The Morgan fingerprint density at radius 1 is 1.12 bits per heavy atom. The molecule has 0 aliphatic rings. The maximum absolute atomic E-state index is 9.51. The number of hydrogen-bond acceptors (Lipinski definition) is 4. The third-order valence-electron chi connectivity index (χ3n) is 4.47. The van der Waals surface area contributed by atoms with Crippen LogP contribution in [0, 0.1) is 11.3 Å². The number of nitrogens with zero attached hydrogens (tertiary/aromatic N) is 6. The second kappa shape index (κ2) is 6.45. The Bertz CT molecular complexity index is 1100. The Hall–Kier alpha value is -3.46. The van der Waals surface area contributed by atoms with Crippen LogP contribution >= 0.6 is 0 Å². The van der Waals surface area contributed by atoms with E-state index in [4.69, 9.17) is 0 Å². The summed E-state index contributed by atoms with van der Waals surface area (Å²) in [5, 5.41) is 22.3. The van der Waals surface area contributed by atoms with Gasteiger partial charge in [0.2, 0.25) is 5.82 Å². The smallest absolute Gasteiger partial charge is 0.204 e. The number of tetrazole rings is 1. The van der Waals surface area contributed by atoms with E-state index in [1.165, 1.54) is 10.4 Å². The number of fused-ring (bicyclic) bond motifs is 1. The average Bonchev–Trinajstić information content (AvgIpc) is 3.26. The van der Waals surface area contributed by atoms with Crippen molar-refractivity contribution in [1.29, 1.82) is 5.26 Å². The zero-order valence-electron chi connectivity index (χ0n) is 14.7. The highest BCUT2D eigenvalue weighted by Gasteiger charge is 2.13. The molecule has 0 atom stereocenters. The largest absolute Gasteiger partial charge is 0.322 e. The Labute approximate surface area is 151 Å². The molecular formula is C20H18N6. The van der Waals surface area contributed by atoms with Crippen LogP contribution in [0.1, 0.15) is 36.5 Å². The van der Waals surface area contributed by atoms with Gasteiger partial charge in [-0.25, -0.2) is 0 Å². The van der Waals surface area contributed by atoms with E-state index in [9.17, 15) is 5.26 Å². The van der Waals surface area contributed by atoms with Gasteiger partial charge >= 0.3 is 0 Å². The monoisotopic (exact) mass is 342 g/mol. The highest BCUT2D eigenvalue weighted by atomic mass is 15.6. The van der Waals surface area contributed by atoms with Crippen LogP contribution in [0.5, 0.6) is 0 Å². The fraction of sp³-hybridized carbons (Fsp3) is 0.200. The number of benzene rings is 1. The maximum atomic E-state index is 9.51. The molecule has 0 aliphatic heterocycles. The van der Waals surface area contributed by atoms with E-state index in [1.807, 2.05) is 47.1 Å². The SMILES string of the molecule is CC(C)c1ccc(-c2nnn(Cc3cn4ccccc4c3C#N)n2)cc1. The fourth-order valence-electron chi connectivity index (χ4n) is 3.02. The van der Waals surface area contributed by atoms with Crippen molar-refractivity contribution in [2.24, 2.45) is 0 Å². The molecule has 0 saturated heterocycles. The van der Waals surface area contributed by atoms with Crippen LogP contribution in [0.15, 0.2) is 54.9 Å². The van der Waals surface area contributed by atoms with Crippen LogP contribution in [0.25, 0.3) is 16.9 Å². The lowest BCUT2D eigenvalue weighted by Crippen LogP contribution is -2.04. The fourth-order valence-corrected chi connectivity index (χ4v) is 3.02. The zero-order valence-corrected chi connectivity index (χ0v) is 14.7. The van der Waals surface area contributed by atoms with Crippen LogP contribution < -0.4 is 0 Å². The summed E-state index contributed by atoms with van der Waals surface area (Å²) in [5.74, 6) is 1.07. The molecule has 4 rings (SSSR count). The molecule has 3 aromatic heterocycles. The molecule has 0 radical (unpaired) electrons. The van der Waals surface area contributed by atoms with Crippen molar-refractivity contribution >= 4 is 5.52 Å². The Kier molecular flexibility index (Phi) is 3.98. The summed E-state index contributed by atoms with van der Waals surface area (Å²) in [6, 6.07) is 16.3. The van der Waals surface area contributed by atoms with Crippen LogP contribution in [0.3, 0.4) is 0 Å². The van der Waals surface area contributed by atoms with Gasteiger partial charge in [-0.15, -0.1) is 10.2 Å². The molecule has 0 saturated carbocycles. The summed E-state index contributed by atoms with van der Waals surface area (Å²) in [6.45, 7) is 4.73. The standard InChI is InChI=1S/C20H18N6/c1-14(2)15-6-8-16(9-7-15)20-22-24-26(23-20)13-17-12-25-10-4-3-5-19(25)18(17)11-21/h3-10,12,14H,13H2,1-2H3. The summed E-state index contributed by atoms with van der Waals surface area (Å²) in [6.07, 6.45) is 3.87. The lowest BCUT2D eigenvalue weighted by Gasteiger charge is -2.04. The molecular weight excluding hydrogens is 324 g/mol. The van der Waals surface area contributed by atoms with Crippen molar-refractivity contribution in [2.45, 2.75) is 26.3 Å². The zero-order chi connectivity index (χ0) is 18.1. The normalized spacial score (nSPS) is 11.2. The molecule has 0 fully saturated rings. The summed E-state index contributed by atoms with van der Waals surface area (Å²) in [7, 11) is 0. The molecule has 3 heterocycles. The first-order chi connectivity index (χ1) is 12.7. The van der Waals surface area contributed by atoms with Gasteiger partial charge < -0.3 is 4.40 Å². The molecule has 6 nitrogen and oxygen atoms in total. The first-order valence-corrected chi connectivity index (χ1v) is 8.52. The second-order valence-corrected chi connectivity index (χ2v) is 6.55. The highest BCUT2D eigenvalue weighted by molar-refractivity contribution is 5.65. The lowest BCUT2D eigenvalue weighted by atomic mass is 10.0. The number of nitriles is 1. The van der Waals surface area contributed by atoms with Crippen LogP contribution in [-0.4, -0.2) is 24.6 Å². The van der Waals surface area contributed by atoms with Crippen molar-refractivity contribution in [3.63, 3.8) is 0 Å². The molecule has 128 valence electrons. The van der Waals surface area contributed by atoms with Gasteiger partial charge in [-0.05, 0) is 28.8 Å². The molecule has 0 amide bonds. The Balaban J connectivity index is 1.62. The van der Waals surface area contributed by atoms with E-state index in [0.29, 0.717) is 23.9 Å². The first-order valence-electron chi connectivity index (χ1n) is 8.52. The lowest BCUT2D eigenvalue weighted by molar-refractivity contribution is 0.572. The van der Waals surface area contributed by atoms with Gasteiger partial charge in [0.1, 0.15) is 6.07 Å². The van der Waals surface area contributed by atoms with E-state index in [0.717, 1.165) is 16.6 Å². The minimum absolute atomic E-state index is 0.404. The van der Waals surface area contributed by atoms with E-state index in [-0.39, 0.29) is 0 Å². The molecule has 26 heavy (non-hydrogen) atoms. The molecule has 0 aliphatic carbocycles. The number of aromatic nitrogens is 5. The molecule has 1 aromatic carbocycles. The van der Waals surface area contributed by atoms with Crippen molar-refractivity contribution in [2.75, 3.05) is 0 Å². The van der Waals surface area contributed by atoms with Crippen molar-refractivity contribution in [3.05, 3.63) is 71.5 Å². The van der Waals surface area contributed by atoms with Gasteiger partial charge in [0.05, 0.1) is 17.6 Å². The summed E-state index contributed by atoms with van der Waals surface area (Å²) < 4.78 is 1.94. The van der Waals surface area contributed by atoms with Crippen LogP contribution in [-0.2, 0) is 6.54 Å². The topological polar surface area (TPSA) is 71.8 Å². The van der Waals surface area contributed by atoms with E-state index < -0.39 is 0 Å². The van der Waals surface area contributed by atoms with Gasteiger partial charge in [-0.1, -0.05) is 44.2 Å². The van der Waals surface area contributed by atoms with Gasteiger partial charge in [-0.2, -0.15) is 10.1 Å². The maximum Gasteiger partial charge on any atom is 0.204 e. The molecule has 4 aromatic rings. The third-order valence-corrected chi connectivity index (χ3v) is 4.47. The molecule has 6 heteroatoms. The van der Waals surface area contributed by atoms with Gasteiger partial charge in [0.15, 0.2) is 0 Å². The van der Waals surface area contributed by atoms with Crippen molar-refractivity contribution < 1.29 is 0 Å². The first kappa shape index (κ1) is 16.0. The summed E-state index contributed by atoms with van der Waals surface area (Å²) in [5.41, 5.74) is 4.61. The van der Waals surface area contributed by atoms with Gasteiger partial charge in [-0.3, -0.25) is 0 Å². The Morgan fingerprint density at radius 3 is 2.65 bits per heavy atom. The van der Waals surface area contributed by atoms with Gasteiger partial charge in [0, 0.05) is 23.5 Å². The summed E-state index contributed by atoms with van der Waals surface area (Å²) in [4.78, 5) is 1.53. The minimum atomic E-state index is 0.404. The minimum Gasteiger partial charge on any atom is -0.322 e. The number of hydrogen-bond donors (Lipinski definition) is 0. The van der Waals surface area contributed by atoms with Crippen LogP contribution in [0.4, 0.5) is 0 Å². The Morgan fingerprint density at radius 2 is 1.92 bits per heavy atom. The van der Waals surface area contributed by atoms with Crippen LogP contribution in [0.2, 0.25) is 0 Å². The number of pyridine rings is 1. The quantitative estimate of drug-likeness (QED) is 0.568. The van der Waals surface area contributed by atoms with Gasteiger partial charge in [0.25, 0.3) is 0 Å². The predicted octanol–water partition coefficient (Wildman–Crippen LogP) is 3.64. The highest BCUT2D eigenvalue weighted by Crippen LogP contribution is 2.21. The third kappa shape index (κ3) is 2.84. The molecule has 0 spiro atoms. The molecule has 0 unspecified atom stereocenters. The number of rotatable bonds is 4. The van der Waals surface area contributed by atoms with Crippen molar-refractivity contribution in [3.8, 4) is 17.5 Å². The molecule has 0 bridgehead atoms.